The smallest absolute Gasteiger partial charge is 0.306 e. The summed E-state index contributed by atoms with van der Waals surface area (Å²) in [5.74, 6) is -1.21. The van der Waals surface area contributed by atoms with Crippen molar-refractivity contribution < 1.29 is 49.3 Å². The third-order valence-electron chi connectivity index (χ3n) is 16.0. The first-order valence-electron chi connectivity index (χ1n) is 35.0. The number of hydrogen-bond acceptors (Lipinski definition) is 10. The van der Waals surface area contributed by atoms with Gasteiger partial charge in [-0.25, -0.2) is 0 Å². The highest BCUT2D eigenvalue weighted by Gasteiger charge is 2.47. The third kappa shape index (κ3) is 48.2. The summed E-state index contributed by atoms with van der Waals surface area (Å²) < 4.78 is 17.7. The molecule has 85 heavy (non-hydrogen) atoms. The number of nitrogens with one attached hydrogen (secondary N) is 1. The molecule has 1 aliphatic rings. The van der Waals surface area contributed by atoms with E-state index in [9.17, 15) is 35.1 Å². The van der Waals surface area contributed by atoms with Crippen molar-refractivity contribution in [3.63, 3.8) is 0 Å². The van der Waals surface area contributed by atoms with Crippen LogP contribution in [0, 0.1) is 0 Å². The van der Waals surface area contributed by atoms with Gasteiger partial charge < -0.3 is 45.1 Å². The number of ether oxygens (including phenoxy) is 3. The Morgan fingerprint density at radius 1 is 0.471 bits per heavy atom. The fraction of sp³-hybridized carbons (Fsp3) is 0.757. The second kappa shape index (κ2) is 60.8. The van der Waals surface area contributed by atoms with E-state index >= 15 is 0 Å². The Labute approximate surface area is 520 Å². The van der Waals surface area contributed by atoms with Gasteiger partial charge in [-0.1, -0.05) is 285 Å². The van der Waals surface area contributed by atoms with Crippen LogP contribution in [0.3, 0.4) is 0 Å². The van der Waals surface area contributed by atoms with Crippen LogP contribution in [0.4, 0.5) is 0 Å². The molecule has 6 N–H and O–H groups in total. The van der Waals surface area contributed by atoms with Crippen molar-refractivity contribution in [2.24, 2.45) is 0 Å². The van der Waals surface area contributed by atoms with Crippen molar-refractivity contribution in [3.05, 3.63) is 97.2 Å². The fourth-order valence-corrected chi connectivity index (χ4v) is 10.5. The maximum absolute atomic E-state index is 13.5. The summed E-state index contributed by atoms with van der Waals surface area (Å²) in [4.78, 5) is 26.7. The first-order chi connectivity index (χ1) is 41.7. The Morgan fingerprint density at radius 3 is 1.29 bits per heavy atom. The summed E-state index contributed by atoms with van der Waals surface area (Å²) in [5, 5.41) is 57.3. The Kier molecular flexibility index (Phi) is 57.0. The van der Waals surface area contributed by atoms with Crippen LogP contribution in [0.5, 0.6) is 0 Å². The van der Waals surface area contributed by atoms with Crippen LogP contribution in [0.2, 0.25) is 0 Å². The van der Waals surface area contributed by atoms with Gasteiger partial charge in [0.05, 0.1) is 25.4 Å². The highest BCUT2D eigenvalue weighted by molar-refractivity contribution is 5.80. The fourth-order valence-electron chi connectivity index (χ4n) is 10.5. The second-order valence-corrected chi connectivity index (χ2v) is 23.9. The minimum absolute atomic E-state index is 0.106. The van der Waals surface area contributed by atoms with Crippen LogP contribution in [-0.4, -0.2) is 99.6 Å². The molecule has 8 unspecified atom stereocenters. The highest BCUT2D eigenvalue weighted by Crippen LogP contribution is 2.26. The summed E-state index contributed by atoms with van der Waals surface area (Å²) in [6, 6.07) is -1.03. The van der Waals surface area contributed by atoms with Crippen molar-refractivity contribution in [2.75, 3.05) is 13.2 Å². The monoisotopic (exact) mass is 1190 g/mol. The van der Waals surface area contributed by atoms with Crippen molar-refractivity contribution >= 4 is 11.9 Å². The van der Waals surface area contributed by atoms with Crippen LogP contribution >= 0.6 is 0 Å². The molecule has 0 bridgehead atoms. The molecule has 11 heteroatoms. The molecule has 490 valence electrons. The van der Waals surface area contributed by atoms with Crippen LogP contribution in [0.1, 0.15) is 297 Å². The third-order valence-corrected chi connectivity index (χ3v) is 16.0. The molecule has 1 aliphatic heterocycles. The Morgan fingerprint density at radius 2 is 0.847 bits per heavy atom. The lowest BCUT2D eigenvalue weighted by Gasteiger charge is -2.41. The molecule has 0 radical (unpaired) electrons. The number of amides is 1. The van der Waals surface area contributed by atoms with Gasteiger partial charge in [0.1, 0.15) is 24.4 Å². The lowest BCUT2D eigenvalue weighted by Crippen LogP contribution is -2.61. The van der Waals surface area contributed by atoms with E-state index in [0.717, 1.165) is 128 Å². The van der Waals surface area contributed by atoms with Crippen LogP contribution in [-0.2, 0) is 23.8 Å². The predicted octanol–water partition coefficient (Wildman–Crippen LogP) is 17.8. The van der Waals surface area contributed by atoms with E-state index in [1.807, 2.05) is 6.08 Å². The Balaban J connectivity index is 2.62. The van der Waals surface area contributed by atoms with E-state index in [1.165, 1.54) is 122 Å². The van der Waals surface area contributed by atoms with E-state index in [4.69, 9.17) is 14.2 Å². The van der Waals surface area contributed by atoms with Crippen LogP contribution in [0.25, 0.3) is 0 Å². The lowest BCUT2D eigenvalue weighted by molar-refractivity contribution is -0.305. The first kappa shape index (κ1) is 79.6. The Hall–Kier alpha value is -3.42. The van der Waals surface area contributed by atoms with Crippen molar-refractivity contribution in [2.45, 2.75) is 346 Å². The number of aliphatic hydroxyl groups excluding tert-OH is 5. The topological polar surface area (TPSA) is 175 Å². The number of aliphatic hydroxyl groups is 5. The average Bonchev–Trinajstić information content (AvgIpc) is 2.49. The summed E-state index contributed by atoms with van der Waals surface area (Å²) in [7, 11) is 0. The second-order valence-electron chi connectivity index (χ2n) is 23.9. The summed E-state index contributed by atoms with van der Waals surface area (Å²) in [6.07, 6.45) is 71.4. The lowest BCUT2D eigenvalue weighted by atomic mass is 9.99. The Bertz CT molecular complexity index is 1750. The molecule has 0 saturated carbocycles. The molecular formula is C74H129NO10. The van der Waals surface area contributed by atoms with Gasteiger partial charge in [0.15, 0.2) is 12.4 Å². The molecule has 1 fully saturated rings. The molecule has 0 aromatic heterocycles. The van der Waals surface area contributed by atoms with Gasteiger partial charge in [0.25, 0.3) is 0 Å². The zero-order valence-corrected chi connectivity index (χ0v) is 54.5. The van der Waals surface area contributed by atoms with Gasteiger partial charge in [-0.15, -0.1) is 0 Å². The van der Waals surface area contributed by atoms with Crippen molar-refractivity contribution in [3.8, 4) is 0 Å². The van der Waals surface area contributed by atoms with E-state index in [1.54, 1.807) is 6.08 Å². The number of rotatable bonds is 59. The molecule has 0 aromatic rings. The highest BCUT2D eigenvalue weighted by atomic mass is 16.7. The van der Waals surface area contributed by atoms with Crippen LogP contribution < -0.4 is 5.32 Å². The van der Waals surface area contributed by atoms with E-state index < -0.39 is 67.4 Å². The molecule has 11 nitrogen and oxygen atoms in total. The van der Waals surface area contributed by atoms with Gasteiger partial charge in [0.2, 0.25) is 5.91 Å². The number of carbonyl (C=O) groups is 2. The number of unbranched alkanes of at least 4 members (excludes halogenated alkanes) is 31. The van der Waals surface area contributed by atoms with Crippen molar-refractivity contribution in [1.29, 1.82) is 0 Å². The normalized spacial score (nSPS) is 19.0. The van der Waals surface area contributed by atoms with Gasteiger partial charge in [-0.05, 0) is 103 Å². The summed E-state index contributed by atoms with van der Waals surface area (Å²) >= 11 is 0. The SMILES string of the molecule is CC/C=C\C/C=C\C/C=C\C/C=C\C/C=C\CCCCCCCCCC(=O)OC1C(OCC(NC(=O)C(O)CCCCCCCCCCCC/C=C\C/C=C\CCCCC)C(O)/C=C/CCCCCCCCCCCCC)OC(CO)C(O)C1O. The molecule has 0 aromatic carbocycles. The predicted molar refractivity (Wildman–Crippen MR) is 356 cm³/mol. The van der Waals surface area contributed by atoms with E-state index in [-0.39, 0.29) is 19.4 Å². The molecule has 1 heterocycles. The van der Waals surface area contributed by atoms with Gasteiger partial charge in [-0.3, -0.25) is 9.59 Å². The summed E-state index contributed by atoms with van der Waals surface area (Å²) in [6.45, 7) is 5.67. The average molecular weight is 1190 g/mol. The van der Waals surface area contributed by atoms with E-state index in [2.05, 4.69) is 111 Å². The van der Waals surface area contributed by atoms with Gasteiger partial charge in [0, 0.05) is 6.42 Å². The largest absolute Gasteiger partial charge is 0.454 e. The maximum atomic E-state index is 13.5. The summed E-state index contributed by atoms with van der Waals surface area (Å²) in [5.41, 5.74) is 0. The first-order valence-corrected chi connectivity index (χ1v) is 35.0. The number of hydrogen-bond donors (Lipinski definition) is 6. The zero-order chi connectivity index (χ0) is 61.7. The quantitative estimate of drug-likeness (QED) is 0.0195. The number of esters is 1. The molecule has 0 aliphatic carbocycles. The molecule has 1 saturated heterocycles. The standard InChI is InChI=1S/C74H129NO10/c1-4-7-10-13-16-19-22-25-27-29-31-33-34-35-37-39-41-44-47-50-53-56-59-62-69(79)85-72-71(81)70(80)68(63-76)84-74(72)83-64-65(66(77)60-57-54-51-48-45-42-24-21-18-15-12-9-6-3)75-73(82)67(78)61-58-55-52-49-46-43-40-38-36-32-30-28-26-23-20-17-14-11-8-5-2/h7,10,16-17,19-20,25-28,31,33,35,37,57,60,65-68,70-72,74,76-78,80-81H,4-6,8-9,11-15,18,21-24,29-30,32,34,36,38-56,58-59,61-64H2,1-3H3,(H,75,82)/b10-7-,19-16-,20-17-,27-25-,28-26-,33-31-,37-35-,60-57+. The number of carbonyl (C=O) groups excluding carboxylic acids is 2. The van der Waals surface area contributed by atoms with E-state index in [0.29, 0.717) is 12.8 Å². The van der Waals surface area contributed by atoms with Gasteiger partial charge in [-0.2, -0.15) is 0 Å². The minimum atomic E-state index is -1.62. The van der Waals surface area contributed by atoms with Crippen molar-refractivity contribution in [1.82, 2.24) is 5.32 Å². The molecular weight excluding hydrogens is 1060 g/mol. The minimum Gasteiger partial charge on any atom is -0.454 e. The maximum Gasteiger partial charge on any atom is 0.306 e. The molecule has 8 atom stereocenters. The number of allylic oxidation sites excluding steroid dienone is 15. The zero-order valence-electron chi connectivity index (χ0n) is 54.5. The molecule has 1 rings (SSSR count). The van der Waals surface area contributed by atoms with Crippen LogP contribution in [0.15, 0.2) is 97.2 Å². The van der Waals surface area contributed by atoms with Gasteiger partial charge >= 0.3 is 5.97 Å². The molecule has 0 spiro atoms. The molecule has 1 amide bonds.